The molecule has 0 unspecified atom stereocenters. The largest absolute Gasteiger partial charge is 0.326 e. The van der Waals surface area contributed by atoms with Crippen LogP contribution < -0.4 is 10.9 Å². The maximum Gasteiger partial charge on any atom is 0.261 e. The second-order valence-corrected chi connectivity index (χ2v) is 6.92. The van der Waals surface area contributed by atoms with Crippen LogP contribution in [0.5, 0.6) is 0 Å². The molecule has 0 aliphatic rings. The first-order valence-electron chi connectivity index (χ1n) is 8.44. The first kappa shape index (κ1) is 18.8. The molecule has 0 aliphatic carbocycles. The summed E-state index contributed by atoms with van der Waals surface area (Å²) in [6, 6.07) is 11.4. The highest BCUT2D eigenvalue weighted by Gasteiger charge is 2.12. The number of rotatable bonds is 5. The first-order chi connectivity index (χ1) is 12.8. The van der Waals surface area contributed by atoms with E-state index in [2.05, 4.69) is 10.3 Å². The maximum absolute atomic E-state index is 12.6. The molecule has 0 saturated carbocycles. The van der Waals surface area contributed by atoms with Gasteiger partial charge in [-0.2, -0.15) is 0 Å². The zero-order valence-electron chi connectivity index (χ0n) is 14.9. The van der Waals surface area contributed by atoms with E-state index in [9.17, 15) is 14.4 Å². The molecule has 3 rings (SSSR count). The van der Waals surface area contributed by atoms with Crippen molar-refractivity contribution in [3.63, 3.8) is 0 Å². The van der Waals surface area contributed by atoms with Gasteiger partial charge in [0.1, 0.15) is 0 Å². The summed E-state index contributed by atoms with van der Waals surface area (Å²) in [4.78, 5) is 41.0. The van der Waals surface area contributed by atoms with E-state index in [-0.39, 0.29) is 29.7 Å². The summed E-state index contributed by atoms with van der Waals surface area (Å²) >= 11 is 5.94. The van der Waals surface area contributed by atoms with Crippen molar-refractivity contribution in [1.29, 1.82) is 0 Å². The fourth-order valence-electron chi connectivity index (χ4n) is 2.52. The summed E-state index contributed by atoms with van der Waals surface area (Å²) in [6.07, 6.45) is 1.35. The Morgan fingerprint density at radius 3 is 2.52 bits per heavy atom. The number of nitrogens with zero attached hydrogens (tertiary/aromatic N) is 2. The van der Waals surface area contributed by atoms with E-state index in [4.69, 9.17) is 11.6 Å². The van der Waals surface area contributed by atoms with E-state index in [1.54, 1.807) is 56.3 Å². The first-order valence-corrected chi connectivity index (χ1v) is 8.82. The Hall–Kier alpha value is -2.99. The Morgan fingerprint density at radius 1 is 1.15 bits per heavy atom. The van der Waals surface area contributed by atoms with Crippen LogP contribution in [0.1, 0.15) is 24.2 Å². The number of nitrogens with one attached hydrogen (secondary N) is 1. The van der Waals surface area contributed by atoms with Crippen LogP contribution in [0, 0.1) is 5.92 Å². The van der Waals surface area contributed by atoms with Gasteiger partial charge in [0.25, 0.3) is 5.56 Å². The summed E-state index contributed by atoms with van der Waals surface area (Å²) in [5.74, 6) is -0.462. The highest BCUT2D eigenvalue weighted by Crippen LogP contribution is 2.15. The van der Waals surface area contributed by atoms with Gasteiger partial charge in [0.2, 0.25) is 5.91 Å². The predicted octanol–water partition coefficient (Wildman–Crippen LogP) is 3.53. The third-order valence-electron chi connectivity index (χ3n) is 4.10. The van der Waals surface area contributed by atoms with Gasteiger partial charge in [-0.25, -0.2) is 4.98 Å². The molecule has 1 N–H and O–H groups in total. The minimum absolute atomic E-state index is 0.0958. The molecule has 1 heterocycles. The molecule has 2 aromatic carbocycles. The lowest BCUT2D eigenvalue weighted by Crippen LogP contribution is -2.24. The van der Waals surface area contributed by atoms with E-state index >= 15 is 0 Å². The van der Waals surface area contributed by atoms with E-state index in [0.717, 1.165) is 0 Å². The summed E-state index contributed by atoms with van der Waals surface area (Å²) < 4.78 is 1.26. The van der Waals surface area contributed by atoms with Crippen molar-refractivity contribution in [2.24, 2.45) is 5.92 Å². The summed E-state index contributed by atoms with van der Waals surface area (Å²) in [7, 11) is 0. The minimum Gasteiger partial charge on any atom is -0.326 e. The fourth-order valence-corrected chi connectivity index (χ4v) is 2.69. The Morgan fingerprint density at radius 2 is 1.85 bits per heavy atom. The Bertz CT molecular complexity index is 1070. The molecular weight excluding hydrogens is 366 g/mol. The molecule has 0 spiro atoms. The van der Waals surface area contributed by atoms with Crippen molar-refractivity contribution in [3.8, 4) is 0 Å². The fraction of sp³-hybridized carbons (Fsp3) is 0.200. The monoisotopic (exact) mass is 383 g/mol. The number of Topliss-reactive ketones (excluding diaryl/α,β-unsaturated/α-hetero) is 1. The van der Waals surface area contributed by atoms with Crippen LogP contribution in [0.25, 0.3) is 10.9 Å². The van der Waals surface area contributed by atoms with Crippen LogP contribution in [0.3, 0.4) is 0 Å². The van der Waals surface area contributed by atoms with Crippen LogP contribution in [0.2, 0.25) is 5.02 Å². The molecule has 0 aliphatic heterocycles. The van der Waals surface area contributed by atoms with Gasteiger partial charge < -0.3 is 5.32 Å². The van der Waals surface area contributed by atoms with Crippen LogP contribution in [-0.4, -0.2) is 21.2 Å². The lowest BCUT2D eigenvalue weighted by atomic mass is 10.1. The Kier molecular flexibility index (Phi) is 5.37. The highest BCUT2D eigenvalue weighted by atomic mass is 35.5. The third kappa shape index (κ3) is 4.23. The van der Waals surface area contributed by atoms with Crippen molar-refractivity contribution >= 4 is 39.9 Å². The average molecular weight is 384 g/mol. The van der Waals surface area contributed by atoms with Gasteiger partial charge in [-0.1, -0.05) is 25.4 Å². The molecule has 7 heteroatoms. The predicted molar refractivity (Wildman–Crippen MR) is 105 cm³/mol. The van der Waals surface area contributed by atoms with Crippen molar-refractivity contribution in [3.05, 3.63) is 69.7 Å². The molecule has 1 amide bonds. The van der Waals surface area contributed by atoms with E-state index < -0.39 is 0 Å². The van der Waals surface area contributed by atoms with Crippen LogP contribution in [0.4, 0.5) is 5.69 Å². The quantitative estimate of drug-likeness (QED) is 0.683. The Labute approximate surface area is 160 Å². The molecule has 0 fully saturated rings. The lowest BCUT2D eigenvalue weighted by molar-refractivity contribution is -0.118. The van der Waals surface area contributed by atoms with E-state index in [1.807, 2.05) is 0 Å². The number of carbonyl (C=O) groups excluding carboxylic acids is 2. The normalized spacial score (nSPS) is 11.0. The van der Waals surface area contributed by atoms with Gasteiger partial charge in [-0.05, 0) is 42.5 Å². The summed E-state index contributed by atoms with van der Waals surface area (Å²) in [5, 5.41) is 3.56. The van der Waals surface area contributed by atoms with Crippen LogP contribution >= 0.6 is 11.6 Å². The number of aromatic nitrogens is 2. The van der Waals surface area contributed by atoms with Gasteiger partial charge in [0, 0.05) is 22.2 Å². The number of fused-ring (bicyclic) bond motifs is 1. The molecule has 0 radical (unpaired) electrons. The average Bonchev–Trinajstić information content (AvgIpc) is 2.65. The molecule has 138 valence electrons. The maximum atomic E-state index is 12.6. The van der Waals surface area contributed by atoms with Crippen LogP contribution in [0.15, 0.2) is 53.6 Å². The zero-order chi connectivity index (χ0) is 19.6. The zero-order valence-corrected chi connectivity index (χ0v) is 15.7. The Balaban J connectivity index is 1.79. The number of ketones is 1. The second kappa shape index (κ2) is 7.72. The minimum atomic E-state index is -0.323. The van der Waals surface area contributed by atoms with Crippen LogP contribution in [-0.2, 0) is 11.3 Å². The van der Waals surface area contributed by atoms with Crippen molar-refractivity contribution in [2.75, 3.05) is 5.32 Å². The standard InChI is InChI=1S/C20H18ClN3O3/c1-12(2)19(26)23-15-6-3-13(4-7-15)18(25)10-24-11-22-17-8-5-14(21)9-16(17)20(24)27/h3-9,11-12H,10H2,1-2H3,(H,23,26). The van der Waals surface area contributed by atoms with Gasteiger partial charge in [-0.3, -0.25) is 19.0 Å². The topological polar surface area (TPSA) is 81.1 Å². The van der Waals surface area contributed by atoms with E-state index in [0.29, 0.717) is 27.2 Å². The molecule has 0 saturated heterocycles. The highest BCUT2D eigenvalue weighted by molar-refractivity contribution is 6.31. The number of halogens is 1. The number of anilines is 1. The number of hydrogen-bond acceptors (Lipinski definition) is 4. The number of hydrogen-bond donors (Lipinski definition) is 1. The third-order valence-corrected chi connectivity index (χ3v) is 4.33. The van der Waals surface area contributed by atoms with Gasteiger partial charge >= 0.3 is 0 Å². The number of benzene rings is 2. The van der Waals surface area contributed by atoms with Gasteiger partial charge in [-0.15, -0.1) is 0 Å². The molecule has 27 heavy (non-hydrogen) atoms. The SMILES string of the molecule is CC(C)C(=O)Nc1ccc(C(=O)Cn2cnc3ccc(Cl)cc3c2=O)cc1. The molecule has 0 bridgehead atoms. The van der Waals surface area contributed by atoms with Crippen molar-refractivity contribution in [1.82, 2.24) is 9.55 Å². The summed E-state index contributed by atoms with van der Waals surface area (Å²) in [5.41, 5.74) is 1.26. The van der Waals surface area contributed by atoms with Gasteiger partial charge in [0.05, 0.1) is 23.8 Å². The van der Waals surface area contributed by atoms with Crippen molar-refractivity contribution in [2.45, 2.75) is 20.4 Å². The smallest absolute Gasteiger partial charge is 0.261 e. The molecule has 0 atom stereocenters. The summed E-state index contributed by atoms with van der Waals surface area (Å²) in [6.45, 7) is 3.47. The lowest BCUT2D eigenvalue weighted by Gasteiger charge is -2.09. The number of amides is 1. The number of carbonyl (C=O) groups is 2. The molecular formula is C20H18ClN3O3. The van der Waals surface area contributed by atoms with Gasteiger partial charge in [0.15, 0.2) is 5.78 Å². The second-order valence-electron chi connectivity index (χ2n) is 6.48. The van der Waals surface area contributed by atoms with Crippen molar-refractivity contribution < 1.29 is 9.59 Å². The molecule has 3 aromatic rings. The molecule has 6 nitrogen and oxygen atoms in total. The van der Waals surface area contributed by atoms with E-state index in [1.165, 1.54) is 10.9 Å². The molecule has 1 aromatic heterocycles.